The maximum absolute atomic E-state index is 11.1. The summed E-state index contributed by atoms with van der Waals surface area (Å²) >= 11 is 1.69. The van der Waals surface area contributed by atoms with Crippen LogP contribution in [0.3, 0.4) is 0 Å². The minimum absolute atomic E-state index is 0.753. The molecule has 0 aliphatic carbocycles. The van der Waals surface area contributed by atoms with Crippen LogP contribution in [0.15, 0.2) is 36.0 Å². The summed E-state index contributed by atoms with van der Waals surface area (Å²) in [7, 11) is 0. The summed E-state index contributed by atoms with van der Waals surface area (Å²) in [6, 6.07) is 7.88. The Kier molecular flexibility index (Phi) is 3.17. The second kappa shape index (κ2) is 4.97. The lowest BCUT2D eigenvalue weighted by Crippen LogP contribution is -2.01. The van der Waals surface area contributed by atoms with Crippen LogP contribution in [0.4, 0.5) is 0 Å². The van der Waals surface area contributed by atoms with E-state index in [0.29, 0.717) is 0 Å². The highest BCUT2D eigenvalue weighted by Gasteiger charge is 2.07. The zero-order valence-corrected chi connectivity index (χ0v) is 11.5. The van der Waals surface area contributed by atoms with Crippen molar-refractivity contribution < 1.29 is 4.79 Å². The number of para-hydroxylation sites is 1. The van der Waals surface area contributed by atoms with E-state index in [2.05, 4.69) is 15.6 Å². The Morgan fingerprint density at radius 3 is 3.00 bits per heavy atom. The van der Waals surface area contributed by atoms with E-state index < -0.39 is 0 Å². The van der Waals surface area contributed by atoms with Crippen LogP contribution in [-0.2, 0) is 13.0 Å². The smallest absolute Gasteiger partial charge is 0.152 e. The van der Waals surface area contributed by atoms with Crippen molar-refractivity contribution in [2.24, 2.45) is 0 Å². The molecule has 0 atom stereocenters. The molecule has 3 aromatic rings. The van der Waals surface area contributed by atoms with Crippen LogP contribution in [0.2, 0.25) is 0 Å². The van der Waals surface area contributed by atoms with Crippen LogP contribution < -0.4 is 0 Å². The molecule has 0 saturated carbocycles. The van der Waals surface area contributed by atoms with E-state index in [-0.39, 0.29) is 0 Å². The number of aldehydes is 1. The Morgan fingerprint density at radius 1 is 1.37 bits per heavy atom. The van der Waals surface area contributed by atoms with E-state index in [1.165, 1.54) is 4.88 Å². The lowest BCUT2D eigenvalue weighted by Gasteiger charge is -2.06. The Balaban J connectivity index is 1.93. The van der Waals surface area contributed by atoms with Gasteiger partial charge in [0.1, 0.15) is 0 Å². The maximum Gasteiger partial charge on any atom is 0.152 e. The highest BCUT2D eigenvalue weighted by atomic mass is 32.1. The van der Waals surface area contributed by atoms with E-state index in [1.54, 1.807) is 11.3 Å². The van der Waals surface area contributed by atoms with Crippen LogP contribution in [0.1, 0.15) is 20.9 Å². The van der Waals surface area contributed by atoms with Crippen molar-refractivity contribution in [3.63, 3.8) is 0 Å². The van der Waals surface area contributed by atoms with Crippen LogP contribution in [0.25, 0.3) is 10.9 Å². The molecule has 0 bridgehead atoms. The number of aromatic nitrogens is 2. The molecule has 2 heterocycles. The highest BCUT2D eigenvalue weighted by Crippen LogP contribution is 2.21. The quantitative estimate of drug-likeness (QED) is 0.680. The zero-order chi connectivity index (χ0) is 13.2. The fraction of sp³-hybridized carbons (Fsp3) is 0.200. The molecule has 96 valence electrons. The van der Waals surface area contributed by atoms with Crippen molar-refractivity contribution in [3.05, 3.63) is 52.1 Å². The number of hydrogen-bond donors (Lipinski definition) is 0. The van der Waals surface area contributed by atoms with Gasteiger partial charge in [-0.3, -0.25) is 4.79 Å². The molecular formula is C15H14N2OS. The van der Waals surface area contributed by atoms with E-state index >= 15 is 0 Å². The monoisotopic (exact) mass is 270 g/mol. The lowest BCUT2D eigenvalue weighted by atomic mass is 10.1. The summed E-state index contributed by atoms with van der Waals surface area (Å²) in [5, 5.41) is 1.12. The van der Waals surface area contributed by atoms with Gasteiger partial charge in [0.15, 0.2) is 6.29 Å². The number of fused-ring (bicyclic) bond motifs is 1. The Bertz CT molecular complexity index is 727. The fourth-order valence-corrected chi connectivity index (χ4v) is 3.13. The molecule has 0 spiro atoms. The van der Waals surface area contributed by atoms with E-state index in [0.717, 1.165) is 41.4 Å². The van der Waals surface area contributed by atoms with Gasteiger partial charge in [-0.1, -0.05) is 12.1 Å². The highest BCUT2D eigenvalue weighted by molar-refractivity contribution is 7.09. The summed E-state index contributed by atoms with van der Waals surface area (Å²) < 4.78 is 2.15. The number of carbonyl (C=O) groups excluding carboxylic acids is 1. The van der Waals surface area contributed by atoms with Crippen LogP contribution >= 0.6 is 11.3 Å². The van der Waals surface area contributed by atoms with Gasteiger partial charge >= 0.3 is 0 Å². The molecular weight excluding hydrogens is 256 g/mol. The molecule has 0 N–H and O–H groups in total. The molecule has 0 amide bonds. The molecule has 0 aliphatic heterocycles. The molecule has 2 aromatic heterocycles. The zero-order valence-electron chi connectivity index (χ0n) is 10.7. The molecule has 0 fully saturated rings. The summed E-state index contributed by atoms with van der Waals surface area (Å²) in [5.74, 6) is 0. The number of thiazole rings is 1. The van der Waals surface area contributed by atoms with Gasteiger partial charge in [-0.2, -0.15) is 0 Å². The van der Waals surface area contributed by atoms with Gasteiger partial charge in [-0.15, -0.1) is 11.3 Å². The first-order valence-corrected chi connectivity index (χ1v) is 7.09. The normalized spacial score (nSPS) is 11.0. The number of carbonyl (C=O) groups is 1. The molecule has 19 heavy (non-hydrogen) atoms. The standard InChI is InChI=1S/C15H14N2OS/c1-11-14(19-10-16-11)6-8-17-7-5-12-3-2-4-13(9-18)15(12)17/h2-5,7,9-10H,6,8H2,1H3. The van der Waals surface area contributed by atoms with Gasteiger partial charge in [0.2, 0.25) is 0 Å². The van der Waals surface area contributed by atoms with Gasteiger partial charge in [0.25, 0.3) is 0 Å². The van der Waals surface area contributed by atoms with Crippen LogP contribution in [-0.4, -0.2) is 15.8 Å². The molecule has 3 nitrogen and oxygen atoms in total. The Morgan fingerprint density at radius 2 is 2.26 bits per heavy atom. The number of hydrogen-bond acceptors (Lipinski definition) is 3. The van der Waals surface area contributed by atoms with Crippen molar-refractivity contribution in [2.45, 2.75) is 19.9 Å². The summed E-state index contributed by atoms with van der Waals surface area (Å²) in [6.45, 7) is 2.91. The fourth-order valence-electron chi connectivity index (χ4n) is 2.36. The number of nitrogens with zero attached hydrogens (tertiary/aromatic N) is 2. The summed E-state index contributed by atoms with van der Waals surface area (Å²) in [4.78, 5) is 16.7. The van der Waals surface area contributed by atoms with Gasteiger partial charge in [0.05, 0.1) is 16.7 Å². The minimum atomic E-state index is 0.753. The van der Waals surface area contributed by atoms with E-state index in [1.807, 2.05) is 36.8 Å². The predicted molar refractivity (Wildman–Crippen MR) is 77.9 cm³/mol. The third-order valence-electron chi connectivity index (χ3n) is 3.37. The Labute approximate surface area is 115 Å². The molecule has 4 heteroatoms. The lowest BCUT2D eigenvalue weighted by molar-refractivity contribution is 0.112. The molecule has 0 saturated heterocycles. The number of benzene rings is 1. The van der Waals surface area contributed by atoms with Crippen molar-refractivity contribution in [3.8, 4) is 0 Å². The van der Waals surface area contributed by atoms with Crippen LogP contribution in [0, 0.1) is 6.92 Å². The number of rotatable bonds is 4. The van der Waals surface area contributed by atoms with Gasteiger partial charge < -0.3 is 4.57 Å². The third kappa shape index (κ3) is 2.19. The first-order chi connectivity index (χ1) is 9.29. The Hall–Kier alpha value is -1.94. The van der Waals surface area contributed by atoms with Crippen molar-refractivity contribution in [1.82, 2.24) is 9.55 Å². The average Bonchev–Trinajstić information content (AvgIpc) is 3.02. The molecule has 3 rings (SSSR count). The van der Waals surface area contributed by atoms with Crippen molar-refractivity contribution in [1.29, 1.82) is 0 Å². The second-order valence-corrected chi connectivity index (χ2v) is 5.46. The van der Waals surface area contributed by atoms with Gasteiger partial charge in [0, 0.05) is 35.0 Å². The van der Waals surface area contributed by atoms with Gasteiger partial charge in [-0.25, -0.2) is 4.98 Å². The second-order valence-electron chi connectivity index (χ2n) is 4.52. The molecule has 0 aliphatic rings. The van der Waals surface area contributed by atoms with E-state index in [4.69, 9.17) is 0 Å². The molecule has 0 unspecified atom stereocenters. The SMILES string of the molecule is Cc1ncsc1CCn1ccc2cccc(C=O)c21. The summed E-state index contributed by atoms with van der Waals surface area (Å²) in [5.41, 5.74) is 4.77. The first kappa shape index (κ1) is 12.1. The summed E-state index contributed by atoms with van der Waals surface area (Å²) in [6.07, 6.45) is 3.93. The number of aryl methyl sites for hydroxylation is 3. The van der Waals surface area contributed by atoms with Crippen molar-refractivity contribution >= 4 is 28.5 Å². The predicted octanol–water partition coefficient (Wildman–Crippen LogP) is 3.46. The van der Waals surface area contributed by atoms with Gasteiger partial charge in [-0.05, 0) is 19.1 Å². The van der Waals surface area contributed by atoms with Crippen LogP contribution in [0.5, 0.6) is 0 Å². The first-order valence-electron chi connectivity index (χ1n) is 6.21. The third-order valence-corrected chi connectivity index (χ3v) is 4.37. The van der Waals surface area contributed by atoms with E-state index in [9.17, 15) is 4.79 Å². The maximum atomic E-state index is 11.1. The topological polar surface area (TPSA) is 34.9 Å². The van der Waals surface area contributed by atoms with Crippen molar-refractivity contribution in [2.75, 3.05) is 0 Å². The molecule has 1 aromatic carbocycles. The minimum Gasteiger partial charge on any atom is -0.347 e. The average molecular weight is 270 g/mol. The molecule has 0 radical (unpaired) electrons. The largest absolute Gasteiger partial charge is 0.347 e.